The number of anilines is 2. The molecule has 50 heavy (non-hydrogen) atoms. The fourth-order valence-electron chi connectivity index (χ4n) is 5.57. The summed E-state index contributed by atoms with van der Waals surface area (Å²) in [5.74, 6) is 0.236. The molecule has 14 heteroatoms. The van der Waals surface area contributed by atoms with Crippen LogP contribution in [0.2, 0.25) is 5.02 Å². The molecule has 0 spiro atoms. The van der Waals surface area contributed by atoms with E-state index in [0.717, 1.165) is 12.8 Å². The Kier molecular flexibility index (Phi) is 13.9. The van der Waals surface area contributed by atoms with Crippen molar-refractivity contribution in [1.29, 1.82) is 0 Å². The molecule has 1 heterocycles. The third kappa shape index (κ3) is 10.3. The summed E-state index contributed by atoms with van der Waals surface area (Å²) in [6.07, 6.45) is 1.37. The molecule has 12 nitrogen and oxygen atoms in total. The third-order valence-electron chi connectivity index (χ3n) is 8.62. The minimum Gasteiger partial charge on any atom is -0.497 e. The van der Waals surface area contributed by atoms with Gasteiger partial charge in [-0.15, -0.1) is 0 Å². The third-order valence-corrected chi connectivity index (χ3v) is 10.7. The second kappa shape index (κ2) is 17.9. The number of sulfonamides is 1. The van der Waals surface area contributed by atoms with Crippen LogP contribution in [-0.4, -0.2) is 93.4 Å². The summed E-state index contributed by atoms with van der Waals surface area (Å²) in [6.45, 7) is 5.80. The predicted octanol–water partition coefficient (Wildman–Crippen LogP) is 6.11. The van der Waals surface area contributed by atoms with Crippen LogP contribution in [-0.2, 0) is 14.8 Å². The van der Waals surface area contributed by atoms with Gasteiger partial charge in [0.25, 0.3) is 5.91 Å². The minimum absolute atomic E-state index is 0.0368. The first-order valence-corrected chi connectivity index (χ1v) is 18.4. The summed E-state index contributed by atoms with van der Waals surface area (Å²) in [5, 5.41) is 16.2. The lowest BCUT2D eigenvalue weighted by atomic mass is 10.0. The first-order valence-electron chi connectivity index (χ1n) is 16.6. The molecule has 3 amide bonds. The van der Waals surface area contributed by atoms with Crippen molar-refractivity contribution >= 4 is 44.9 Å². The summed E-state index contributed by atoms with van der Waals surface area (Å²) < 4.78 is 45.9. The van der Waals surface area contributed by atoms with Gasteiger partial charge >= 0.3 is 6.03 Å². The lowest BCUT2D eigenvalue weighted by Gasteiger charge is -2.35. The smallest absolute Gasteiger partial charge is 0.323 e. The van der Waals surface area contributed by atoms with Crippen LogP contribution in [0, 0.1) is 5.92 Å². The zero-order chi connectivity index (χ0) is 36.4. The normalized spacial score (nSPS) is 19.9. The van der Waals surface area contributed by atoms with Gasteiger partial charge in [0.15, 0.2) is 0 Å². The minimum atomic E-state index is -3.86. The highest BCUT2D eigenvalue weighted by molar-refractivity contribution is 7.89. The van der Waals surface area contributed by atoms with E-state index in [1.165, 1.54) is 40.5 Å². The Morgan fingerprint density at radius 3 is 2.38 bits per heavy atom. The average molecular weight is 731 g/mol. The van der Waals surface area contributed by atoms with Crippen molar-refractivity contribution in [3.05, 3.63) is 77.3 Å². The number of urea groups is 1. The lowest BCUT2D eigenvalue weighted by molar-refractivity contribution is -0.00833. The van der Waals surface area contributed by atoms with Crippen LogP contribution in [0.4, 0.5) is 16.2 Å². The van der Waals surface area contributed by atoms with Crippen LogP contribution in [0.25, 0.3) is 0 Å². The van der Waals surface area contributed by atoms with E-state index in [-0.39, 0.29) is 42.2 Å². The maximum Gasteiger partial charge on any atom is 0.323 e. The number of ether oxygens (including phenoxy) is 3. The summed E-state index contributed by atoms with van der Waals surface area (Å²) in [6, 6.07) is 16.6. The standard InChI is InChI=1S/C36H47ClN4O8S/c1-24-21-41(25(2)23-42)35(43)32-20-29(39-36(44)38-28-11-14-30(47-5)15-12-28)13-18-33(32)49-26(3)8-6-7-19-48-34(24)22-40(4)50(45,46)31-16-9-27(37)10-17-31/h9-18,20,24-26,34,42H,6-8,19,21-23H2,1-5H3,(H2,38,39,44)/t24-,25+,26-,34+/m1/s1. The van der Waals surface area contributed by atoms with Gasteiger partial charge in [-0.1, -0.05) is 18.5 Å². The Balaban J connectivity index is 1.61. The number of carbonyl (C=O) groups is 2. The number of aliphatic hydroxyl groups excluding tert-OH is 1. The van der Waals surface area contributed by atoms with Crippen molar-refractivity contribution in [1.82, 2.24) is 9.21 Å². The van der Waals surface area contributed by atoms with Gasteiger partial charge in [-0.3, -0.25) is 4.79 Å². The number of carbonyl (C=O) groups excluding carboxylic acids is 2. The van der Waals surface area contributed by atoms with Crippen LogP contribution in [0.5, 0.6) is 11.5 Å². The van der Waals surface area contributed by atoms with E-state index >= 15 is 0 Å². The number of aliphatic hydroxyl groups is 1. The summed E-state index contributed by atoms with van der Waals surface area (Å²) in [5.41, 5.74) is 1.12. The predicted molar refractivity (Wildman–Crippen MR) is 194 cm³/mol. The van der Waals surface area contributed by atoms with Gasteiger partial charge in [0.1, 0.15) is 11.5 Å². The highest BCUT2D eigenvalue weighted by Crippen LogP contribution is 2.29. The number of hydrogen-bond acceptors (Lipinski definition) is 8. The van der Waals surface area contributed by atoms with E-state index in [9.17, 15) is 23.1 Å². The SMILES string of the molecule is COc1ccc(NC(=O)Nc2ccc3c(c2)C(=O)N([C@@H](C)CO)C[C@@H](C)[C@H](CN(C)S(=O)(=O)c2ccc(Cl)cc2)OCCCC[C@@H](C)O3)cc1. The largest absolute Gasteiger partial charge is 0.497 e. The number of likely N-dealkylation sites (N-methyl/N-ethyl adjacent to an activating group) is 1. The molecular weight excluding hydrogens is 684 g/mol. The van der Waals surface area contributed by atoms with Gasteiger partial charge in [0.05, 0.1) is 42.4 Å². The van der Waals surface area contributed by atoms with Crippen molar-refractivity contribution in [3.8, 4) is 11.5 Å². The zero-order valence-corrected chi connectivity index (χ0v) is 30.7. The highest BCUT2D eigenvalue weighted by atomic mass is 35.5. The number of halogens is 1. The number of amides is 3. The molecule has 0 unspecified atom stereocenters. The molecule has 3 N–H and O–H groups in total. The van der Waals surface area contributed by atoms with Crippen LogP contribution >= 0.6 is 11.6 Å². The van der Waals surface area contributed by atoms with E-state index < -0.39 is 34.1 Å². The number of benzene rings is 3. The second-order valence-electron chi connectivity index (χ2n) is 12.6. The first-order chi connectivity index (χ1) is 23.8. The Labute approximate surface area is 299 Å². The lowest BCUT2D eigenvalue weighted by Crippen LogP contribution is -2.48. The Morgan fingerprint density at radius 2 is 1.72 bits per heavy atom. The molecule has 0 radical (unpaired) electrons. The van der Waals surface area contributed by atoms with Crippen molar-refractivity contribution in [3.63, 3.8) is 0 Å². The molecule has 0 aliphatic carbocycles. The topological polar surface area (TPSA) is 147 Å². The van der Waals surface area contributed by atoms with Gasteiger partial charge in [0.2, 0.25) is 10.0 Å². The van der Waals surface area contributed by atoms with Crippen LogP contribution < -0.4 is 20.1 Å². The van der Waals surface area contributed by atoms with Crippen molar-refractivity contribution in [2.75, 3.05) is 51.1 Å². The van der Waals surface area contributed by atoms with E-state index in [1.54, 1.807) is 56.5 Å². The van der Waals surface area contributed by atoms with Crippen molar-refractivity contribution < 1.29 is 37.3 Å². The monoisotopic (exact) mass is 730 g/mol. The molecule has 0 bridgehead atoms. The molecule has 1 aliphatic rings. The molecule has 0 saturated carbocycles. The molecule has 3 aromatic rings. The molecule has 272 valence electrons. The Morgan fingerprint density at radius 1 is 1.06 bits per heavy atom. The molecular formula is C36H47ClN4O8S. The quantitative estimate of drug-likeness (QED) is 0.239. The number of fused-ring (bicyclic) bond motifs is 1. The number of nitrogens with zero attached hydrogens (tertiary/aromatic N) is 2. The Bertz CT molecular complexity index is 1690. The van der Waals surface area contributed by atoms with Gasteiger partial charge in [0, 0.05) is 49.1 Å². The van der Waals surface area contributed by atoms with E-state index in [4.69, 9.17) is 25.8 Å². The molecule has 0 aromatic heterocycles. The molecule has 0 fully saturated rings. The number of rotatable bonds is 9. The van der Waals surface area contributed by atoms with E-state index in [0.29, 0.717) is 40.9 Å². The fourth-order valence-corrected chi connectivity index (χ4v) is 6.88. The Hall–Kier alpha value is -3.88. The van der Waals surface area contributed by atoms with Crippen molar-refractivity contribution in [2.24, 2.45) is 5.92 Å². The van der Waals surface area contributed by atoms with Crippen LogP contribution in [0.3, 0.4) is 0 Å². The summed E-state index contributed by atoms with van der Waals surface area (Å²) >= 11 is 5.99. The van der Waals surface area contributed by atoms with E-state index in [2.05, 4.69) is 10.6 Å². The van der Waals surface area contributed by atoms with E-state index in [1.807, 2.05) is 13.8 Å². The van der Waals surface area contributed by atoms with Gasteiger partial charge in [-0.05, 0) is 99.8 Å². The molecule has 4 atom stereocenters. The van der Waals surface area contributed by atoms with Gasteiger partial charge in [-0.25, -0.2) is 13.2 Å². The first kappa shape index (κ1) is 38.9. The number of nitrogens with one attached hydrogen (secondary N) is 2. The molecule has 3 aromatic carbocycles. The summed E-state index contributed by atoms with van der Waals surface area (Å²) in [4.78, 5) is 28.9. The zero-order valence-electron chi connectivity index (χ0n) is 29.1. The number of hydrogen-bond donors (Lipinski definition) is 3. The van der Waals surface area contributed by atoms with Gasteiger partial charge in [-0.2, -0.15) is 4.31 Å². The average Bonchev–Trinajstić information content (AvgIpc) is 3.09. The molecule has 4 rings (SSSR count). The van der Waals surface area contributed by atoms with Gasteiger partial charge < -0.3 is 34.9 Å². The fraction of sp³-hybridized carbons (Fsp3) is 0.444. The highest BCUT2D eigenvalue weighted by Gasteiger charge is 2.32. The summed E-state index contributed by atoms with van der Waals surface area (Å²) in [7, 11) is -0.801. The molecule has 1 aliphatic heterocycles. The molecule has 0 saturated heterocycles. The van der Waals surface area contributed by atoms with Crippen molar-refractivity contribution in [2.45, 2.75) is 63.2 Å². The maximum atomic E-state index is 14.4. The second-order valence-corrected chi connectivity index (χ2v) is 15.0. The number of methoxy groups -OCH3 is 1. The van der Waals surface area contributed by atoms with Crippen LogP contribution in [0.15, 0.2) is 71.6 Å². The van der Waals surface area contributed by atoms with Crippen LogP contribution in [0.1, 0.15) is 50.4 Å². The maximum absolute atomic E-state index is 14.4.